The molecule has 0 amide bonds. The molecule has 2 aromatic heterocycles. The first kappa shape index (κ1) is 18.8. The van der Waals surface area contributed by atoms with Crippen LogP contribution in [0.3, 0.4) is 0 Å². The summed E-state index contributed by atoms with van der Waals surface area (Å²) >= 11 is 0. The number of pyridine rings is 1. The molecule has 4 aromatic rings. The van der Waals surface area contributed by atoms with Gasteiger partial charge in [-0.2, -0.15) is 10.4 Å². The SMILES string of the molecule is N#Cc1c(-c2ccc3ccc(-c4ccccc4)nc3c2)nn(C2CC(C(=O)O)C2)c1N. The van der Waals surface area contributed by atoms with Crippen LogP contribution in [0, 0.1) is 17.2 Å². The quantitative estimate of drug-likeness (QED) is 0.520. The van der Waals surface area contributed by atoms with E-state index >= 15 is 0 Å². The third kappa shape index (κ3) is 3.19. The van der Waals surface area contributed by atoms with Crippen LogP contribution in [-0.4, -0.2) is 25.8 Å². The van der Waals surface area contributed by atoms with Crippen LogP contribution >= 0.6 is 0 Å². The summed E-state index contributed by atoms with van der Waals surface area (Å²) in [5, 5.41) is 24.4. The number of rotatable bonds is 4. The molecule has 1 aliphatic carbocycles. The summed E-state index contributed by atoms with van der Waals surface area (Å²) in [7, 11) is 0. The van der Waals surface area contributed by atoms with Gasteiger partial charge in [0.25, 0.3) is 0 Å². The Labute approximate surface area is 178 Å². The fourth-order valence-corrected chi connectivity index (χ4v) is 4.06. The maximum atomic E-state index is 11.1. The molecule has 0 aliphatic heterocycles. The minimum Gasteiger partial charge on any atom is -0.481 e. The van der Waals surface area contributed by atoms with Crippen molar-refractivity contribution < 1.29 is 9.90 Å². The number of carboxylic acid groups (broad SMARTS) is 1. The van der Waals surface area contributed by atoms with Crippen LogP contribution < -0.4 is 5.73 Å². The molecule has 0 spiro atoms. The van der Waals surface area contributed by atoms with Crippen molar-refractivity contribution in [3.8, 4) is 28.6 Å². The van der Waals surface area contributed by atoms with Crippen LogP contribution in [0.2, 0.25) is 0 Å². The smallest absolute Gasteiger partial charge is 0.306 e. The largest absolute Gasteiger partial charge is 0.481 e. The van der Waals surface area contributed by atoms with Gasteiger partial charge in [-0.3, -0.25) is 4.79 Å². The molecule has 1 saturated carbocycles. The lowest BCUT2D eigenvalue weighted by Gasteiger charge is -2.32. The Morgan fingerprint density at radius 2 is 1.84 bits per heavy atom. The first-order valence-electron chi connectivity index (χ1n) is 10.0. The molecular formula is C24H19N5O2. The lowest BCUT2D eigenvalue weighted by molar-refractivity contribution is -0.146. The number of hydrogen-bond donors (Lipinski definition) is 2. The number of benzene rings is 2. The van der Waals surface area contributed by atoms with E-state index in [1.165, 1.54) is 0 Å². The Hall–Kier alpha value is -4.18. The molecular weight excluding hydrogens is 390 g/mol. The van der Waals surface area contributed by atoms with E-state index in [0.29, 0.717) is 24.1 Å². The monoisotopic (exact) mass is 409 g/mol. The molecule has 31 heavy (non-hydrogen) atoms. The van der Waals surface area contributed by atoms with Crippen molar-refractivity contribution >= 4 is 22.7 Å². The van der Waals surface area contributed by atoms with Crippen LogP contribution in [-0.2, 0) is 4.79 Å². The Morgan fingerprint density at radius 1 is 1.10 bits per heavy atom. The number of nitrogens with zero attached hydrogens (tertiary/aromatic N) is 4. The van der Waals surface area contributed by atoms with Gasteiger partial charge >= 0.3 is 5.97 Å². The van der Waals surface area contributed by atoms with Crippen LogP contribution in [0.25, 0.3) is 33.4 Å². The number of anilines is 1. The second kappa shape index (κ2) is 7.26. The number of carbonyl (C=O) groups is 1. The van der Waals surface area contributed by atoms with Crippen LogP contribution in [0.15, 0.2) is 60.7 Å². The number of carboxylic acids is 1. The predicted octanol–water partition coefficient (Wildman–Crippen LogP) is 4.25. The molecule has 5 rings (SSSR count). The van der Waals surface area contributed by atoms with Gasteiger partial charge in [-0.1, -0.05) is 48.5 Å². The fourth-order valence-electron chi connectivity index (χ4n) is 4.06. The topological polar surface area (TPSA) is 118 Å². The molecule has 7 heteroatoms. The molecule has 0 saturated heterocycles. The van der Waals surface area contributed by atoms with E-state index in [0.717, 1.165) is 27.7 Å². The predicted molar refractivity (Wildman–Crippen MR) is 117 cm³/mol. The Bertz CT molecular complexity index is 1350. The maximum Gasteiger partial charge on any atom is 0.306 e. The van der Waals surface area contributed by atoms with E-state index in [2.05, 4.69) is 11.2 Å². The first-order valence-corrected chi connectivity index (χ1v) is 10.0. The van der Waals surface area contributed by atoms with Crippen molar-refractivity contribution in [2.75, 3.05) is 5.73 Å². The number of nitrogens with two attached hydrogens (primary N) is 1. The summed E-state index contributed by atoms with van der Waals surface area (Å²) in [6.45, 7) is 0. The molecule has 1 aliphatic rings. The number of nitriles is 1. The van der Waals surface area contributed by atoms with Crippen molar-refractivity contribution in [1.29, 1.82) is 5.26 Å². The third-order valence-corrected chi connectivity index (χ3v) is 5.90. The maximum absolute atomic E-state index is 11.1. The molecule has 0 bridgehead atoms. The van der Waals surface area contributed by atoms with Crippen molar-refractivity contribution in [1.82, 2.24) is 14.8 Å². The summed E-state index contributed by atoms with van der Waals surface area (Å²) in [6.07, 6.45) is 0.927. The zero-order valence-corrected chi connectivity index (χ0v) is 16.6. The van der Waals surface area contributed by atoms with Crippen LogP contribution in [0.1, 0.15) is 24.4 Å². The number of fused-ring (bicyclic) bond motifs is 1. The van der Waals surface area contributed by atoms with Crippen molar-refractivity contribution in [2.45, 2.75) is 18.9 Å². The van der Waals surface area contributed by atoms with Crippen molar-refractivity contribution in [2.24, 2.45) is 5.92 Å². The zero-order chi connectivity index (χ0) is 21.5. The van der Waals surface area contributed by atoms with Gasteiger partial charge in [-0.05, 0) is 25.0 Å². The summed E-state index contributed by atoms with van der Waals surface area (Å²) in [4.78, 5) is 15.9. The minimum absolute atomic E-state index is 0.106. The molecule has 3 N–H and O–H groups in total. The van der Waals surface area contributed by atoms with E-state index in [1.54, 1.807) is 4.68 Å². The summed E-state index contributed by atoms with van der Waals surface area (Å²) in [6, 6.07) is 21.8. The molecule has 0 unspecified atom stereocenters. The molecule has 1 fully saturated rings. The highest BCUT2D eigenvalue weighted by atomic mass is 16.4. The number of nitrogen functional groups attached to an aromatic ring is 1. The standard InChI is InChI=1S/C24H19N5O2/c25-13-19-22(28-29(23(19)26)18-10-17(11-18)24(30)31)16-7-6-15-8-9-20(27-21(15)12-16)14-4-2-1-3-5-14/h1-9,12,17-18H,10-11,26H2,(H,30,31). The normalized spacial score (nSPS) is 17.8. The number of aliphatic carboxylic acids is 1. The van der Waals surface area contributed by atoms with E-state index in [9.17, 15) is 10.1 Å². The van der Waals surface area contributed by atoms with Crippen molar-refractivity contribution in [3.63, 3.8) is 0 Å². The lowest BCUT2D eigenvalue weighted by Crippen LogP contribution is -2.33. The van der Waals surface area contributed by atoms with E-state index in [1.807, 2.05) is 60.7 Å². The second-order valence-corrected chi connectivity index (χ2v) is 7.80. The molecule has 0 radical (unpaired) electrons. The summed E-state index contributed by atoms with van der Waals surface area (Å²) in [5.74, 6) is -0.918. The van der Waals surface area contributed by atoms with E-state index < -0.39 is 5.97 Å². The highest BCUT2D eigenvalue weighted by molar-refractivity contribution is 5.87. The van der Waals surface area contributed by atoms with E-state index in [4.69, 9.17) is 15.8 Å². The van der Waals surface area contributed by atoms with Crippen LogP contribution in [0.5, 0.6) is 0 Å². The van der Waals surface area contributed by atoms with Gasteiger partial charge in [0, 0.05) is 16.5 Å². The Morgan fingerprint density at radius 3 is 2.55 bits per heavy atom. The van der Waals surface area contributed by atoms with E-state index in [-0.39, 0.29) is 17.8 Å². The lowest BCUT2D eigenvalue weighted by atomic mass is 9.80. The molecule has 7 nitrogen and oxygen atoms in total. The van der Waals surface area contributed by atoms with Gasteiger partial charge in [-0.25, -0.2) is 9.67 Å². The zero-order valence-electron chi connectivity index (χ0n) is 16.6. The minimum atomic E-state index is -0.808. The highest BCUT2D eigenvalue weighted by Crippen LogP contribution is 2.41. The van der Waals surface area contributed by atoms with Crippen molar-refractivity contribution in [3.05, 3.63) is 66.2 Å². The Balaban J connectivity index is 1.55. The third-order valence-electron chi connectivity index (χ3n) is 5.90. The van der Waals surface area contributed by atoms with Gasteiger partial charge in [0.1, 0.15) is 23.1 Å². The van der Waals surface area contributed by atoms with Gasteiger partial charge < -0.3 is 10.8 Å². The summed E-state index contributed by atoms with van der Waals surface area (Å²) < 4.78 is 1.60. The second-order valence-electron chi connectivity index (χ2n) is 7.80. The number of hydrogen-bond acceptors (Lipinski definition) is 5. The molecule has 152 valence electrons. The fraction of sp³-hybridized carbons (Fsp3) is 0.167. The van der Waals surface area contributed by atoms with Crippen LogP contribution in [0.4, 0.5) is 5.82 Å². The van der Waals surface area contributed by atoms with Gasteiger partial charge in [0.05, 0.1) is 23.2 Å². The molecule has 2 aromatic carbocycles. The average Bonchev–Trinajstić information content (AvgIpc) is 3.08. The number of aromatic nitrogens is 3. The molecule has 2 heterocycles. The Kier molecular flexibility index (Phi) is 4.41. The first-order chi connectivity index (χ1) is 15.0. The van der Waals surface area contributed by atoms with Gasteiger partial charge in [0.15, 0.2) is 0 Å². The summed E-state index contributed by atoms with van der Waals surface area (Å²) in [5.41, 5.74) is 10.4. The highest BCUT2D eigenvalue weighted by Gasteiger charge is 2.38. The van der Waals surface area contributed by atoms with Gasteiger partial charge in [-0.15, -0.1) is 0 Å². The molecule has 0 atom stereocenters. The van der Waals surface area contributed by atoms with Gasteiger partial charge in [0.2, 0.25) is 0 Å². The average molecular weight is 409 g/mol.